The van der Waals surface area contributed by atoms with Gasteiger partial charge in [0.2, 0.25) is 0 Å². The number of nitro benzene ring substituents is 1. The molecule has 0 aromatic heterocycles. The molecule has 3 rings (SSSR count). The van der Waals surface area contributed by atoms with Crippen LogP contribution >= 0.6 is 0 Å². The fraction of sp³-hybridized carbons (Fsp3) is 0.350. The van der Waals surface area contributed by atoms with Crippen molar-refractivity contribution in [2.24, 2.45) is 4.99 Å². The second-order valence-corrected chi connectivity index (χ2v) is 6.52. The van der Waals surface area contributed by atoms with Gasteiger partial charge in [-0.2, -0.15) is 0 Å². The number of non-ortho nitro benzene ring substituents is 1. The van der Waals surface area contributed by atoms with Crippen LogP contribution in [0, 0.1) is 10.1 Å². The highest BCUT2D eigenvalue weighted by Crippen LogP contribution is 2.28. The maximum Gasteiger partial charge on any atom is 0.270 e. The number of hydrogen-bond donors (Lipinski definition) is 1. The van der Waals surface area contributed by atoms with Crippen LogP contribution in [0.1, 0.15) is 24.1 Å². The summed E-state index contributed by atoms with van der Waals surface area (Å²) < 4.78 is 5.47. The third-order valence-electron chi connectivity index (χ3n) is 4.71. The van der Waals surface area contributed by atoms with Gasteiger partial charge >= 0.3 is 0 Å². The molecular weight excluding hydrogens is 346 g/mol. The number of nitrogens with zero attached hydrogens (tertiary/aromatic N) is 3. The molecule has 0 bridgehead atoms. The number of aliphatic imine (C=N–C) groups is 1. The molecule has 0 radical (unpaired) electrons. The Kier molecular flexibility index (Phi) is 6.16. The summed E-state index contributed by atoms with van der Waals surface area (Å²) in [5.41, 5.74) is 1.42. The minimum atomic E-state index is -0.485. The van der Waals surface area contributed by atoms with E-state index in [4.69, 9.17) is 4.74 Å². The lowest BCUT2D eigenvalue weighted by atomic mass is 9.98. The van der Waals surface area contributed by atoms with Gasteiger partial charge in [-0.05, 0) is 18.6 Å². The summed E-state index contributed by atoms with van der Waals surface area (Å²) in [5.74, 6) is -0.0285. The quantitative estimate of drug-likeness (QED) is 0.480. The number of hydrogen-bond acceptors (Lipinski definition) is 6. The molecule has 142 valence electrons. The van der Waals surface area contributed by atoms with E-state index in [1.807, 2.05) is 25.1 Å². The molecule has 1 N–H and O–H groups in total. The average molecular weight is 369 g/mol. The van der Waals surface area contributed by atoms with Crippen molar-refractivity contribution in [1.82, 2.24) is 4.90 Å². The van der Waals surface area contributed by atoms with Crippen molar-refractivity contribution >= 4 is 11.9 Å². The maximum absolute atomic E-state index is 11.0. The first-order valence-electron chi connectivity index (χ1n) is 8.93. The standard InChI is InChI=1S/C20H23N3O4/c1-15(21-14-17-13-18(23(25)26)7-8-19(17)24)20(16-5-3-2-4-6-16)22-9-11-27-12-10-22/h2-8,13-15,20,24H,9-12H2,1H3/t15-,20+/m1/s1. The van der Waals surface area contributed by atoms with Crippen LogP contribution in [0.5, 0.6) is 5.75 Å². The van der Waals surface area contributed by atoms with Crippen LogP contribution < -0.4 is 0 Å². The second kappa shape index (κ2) is 8.75. The van der Waals surface area contributed by atoms with Crippen molar-refractivity contribution in [3.8, 4) is 5.75 Å². The van der Waals surface area contributed by atoms with Gasteiger partial charge in [-0.25, -0.2) is 0 Å². The van der Waals surface area contributed by atoms with E-state index < -0.39 is 4.92 Å². The van der Waals surface area contributed by atoms with Crippen LogP contribution in [0.15, 0.2) is 53.5 Å². The summed E-state index contributed by atoms with van der Waals surface area (Å²) in [4.78, 5) is 17.4. The van der Waals surface area contributed by atoms with Crippen LogP contribution in [0.3, 0.4) is 0 Å². The number of benzene rings is 2. The lowest BCUT2D eigenvalue weighted by Gasteiger charge is -2.37. The summed E-state index contributed by atoms with van der Waals surface area (Å²) in [6.45, 7) is 5.03. The number of ether oxygens (including phenoxy) is 1. The molecule has 2 aromatic rings. The molecule has 27 heavy (non-hydrogen) atoms. The molecule has 0 amide bonds. The minimum Gasteiger partial charge on any atom is -0.507 e. The first kappa shape index (κ1) is 19.0. The molecule has 1 fully saturated rings. The number of aromatic hydroxyl groups is 1. The van der Waals surface area contributed by atoms with Crippen LogP contribution in [-0.4, -0.2) is 53.5 Å². The molecule has 0 saturated carbocycles. The summed E-state index contributed by atoms with van der Waals surface area (Å²) >= 11 is 0. The normalized spacial score (nSPS) is 17.7. The van der Waals surface area contributed by atoms with Crippen molar-refractivity contribution in [2.75, 3.05) is 26.3 Å². The number of phenols is 1. The fourth-order valence-electron chi connectivity index (χ4n) is 3.34. The summed E-state index contributed by atoms with van der Waals surface area (Å²) in [6.07, 6.45) is 1.52. The van der Waals surface area contributed by atoms with Crippen molar-refractivity contribution < 1.29 is 14.8 Å². The summed E-state index contributed by atoms with van der Waals surface area (Å²) in [5, 5.41) is 21.0. The Morgan fingerprint density at radius 3 is 2.59 bits per heavy atom. The van der Waals surface area contributed by atoms with E-state index in [1.54, 1.807) is 0 Å². The first-order valence-corrected chi connectivity index (χ1v) is 8.93. The van der Waals surface area contributed by atoms with E-state index in [0.29, 0.717) is 18.8 Å². The molecule has 7 heteroatoms. The monoisotopic (exact) mass is 369 g/mol. The predicted molar refractivity (Wildman–Crippen MR) is 103 cm³/mol. The Balaban J connectivity index is 1.86. The fourth-order valence-corrected chi connectivity index (χ4v) is 3.34. The summed E-state index contributed by atoms with van der Waals surface area (Å²) in [6, 6.07) is 14.0. The largest absolute Gasteiger partial charge is 0.507 e. The minimum absolute atomic E-state index is 0.0285. The Hall–Kier alpha value is -2.77. The van der Waals surface area contributed by atoms with Gasteiger partial charge in [0.05, 0.1) is 30.2 Å². The van der Waals surface area contributed by atoms with E-state index >= 15 is 0 Å². The van der Waals surface area contributed by atoms with Gasteiger partial charge in [0, 0.05) is 37.0 Å². The number of rotatable bonds is 6. The number of phenolic OH excluding ortho intramolecular Hbond substituents is 1. The highest BCUT2D eigenvalue weighted by atomic mass is 16.6. The topological polar surface area (TPSA) is 88.2 Å². The van der Waals surface area contributed by atoms with Crippen molar-refractivity contribution in [3.63, 3.8) is 0 Å². The molecule has 0 aliphatic carbocycles. The third kappa shape index (κ3) is 4.69. The smallest absolute Gasteiger partial charge is 0.270 e. The molecule has 1 heterocycles. The Morgan fingerprint density at radius 2 is 1.93 bits per heavy atom. The number of morpholine rings is 1. The van der Waals surface area contributed by atoms with Crippen LogP contribution in [0.25, 0.3) is 0 Å². The molecule has 1 aliphatic heterocycles. The van der Waals surface area contributed by atoms with E-state index in [0.717, 1.165) is 18.7 Å². The van der Waals surface area contributed by atoms with Gasteiger partial charge in [0.25, 0.3) is 5.69 Å². The lowest BCUT2D eigenvalue weighted by Crippen LogP contribution is -2.42. The molecule has 1 saturated heterocycles. The molecule has 2 atom stereocenters. The zero-order valence-corrected chi connectivity index (χ0v) is 15.2. The van der Waals surface area contributed by atoms with E-state index in [9.17, 15) is 15.2 Å². The molecule has 0 spiro atoms. The van der Waals surface area contributed by atoms with Crippen LogP contribution in [0.4, 0.5) is 5.69 Å². The zero-order chi connectivity index (χ0) is 19.2. The molecule has 2 aromatic carbocycles. The molecule has 1 aliphatic rings. The highest BCUT2D eigenvalue weighted by Gasteiger charge is 2.27. The number of nitro groups is 1. The Morgan fingerprint density at radius 1 is 1.22 bits per heavy atom. The Bertz CT molecular complexity index is 804. The lowest BCUT2D eigenvalue weighted by molar-refractivity contribution is -0.384. The second-order valence-electron chi connectivity index (χ2n) is 6.52. The average Bonchev–Trinajstić information content (AvgIpc) is 2.69. The van der Waals surface area contributed by atoms with E-state index in [1.165, 1.54) is 24.4 Å². The third-order valence-corrected chi connectivity index (χ3v) is 4.71. The maximum atomic E-state index is 11.0. The zero-order valence-electron chi connectivity index (χ0n) is 15.2. The van der Waals surface area contributed by atoms with Gasteiger partial charge < -0.3 is 9.84 Å². The Labute approximate surface area is 158 Å². The molecule has 0 unspecified atom stereocenters. The van der Waals surface area contributed by atoms with Crippen molar-refractivity contribution in [2.45, 2.75) is 19.0 Å². The van der Waals surface area contributed by atoms with Gasteiger partial charge in [0.15, 0.2) is 0 Å². The van der Waals surface area contributed by atoms with Gasteiger partial charge in [0.1, 0.15) is 5.75 Å². The first-order chi connectivity index (χ1) is 13.1. The SMILES string of the molecule is C[C@@H](N=Cc1cc([N+](=O)[O-])ccc1O)[C@@H](c1ccccc1)N1CCOCC1. The van der Waals surface area contributed by atoms with Gasteiger partial charge in [-0.15, -0.1) is 0 Å². The summed E-state index contributed by atoms with van der Waals surface area (Å²) in [7, 11) is 0. The van der Waals surface area contributed by atoms with Crippen molar-refractivity contribution in [3.05, 3.63) is 69.8 Å². The van der Waals surface area contributed by atoms with Crippen molar-refractivity contribution in [1.29, 1.82) is 0 Å². The van der Waals surface area contributed by atoms with Crippen LogP contribution in [0.2, 0.25) is 0 Å². The van der Waals surface area contributed by atoms with Gasteiger partial charge in [-0.1, -0.05) is 30.3 Å². The predicted octanol–water partition coefficient (Wildman–Crippen LogP) is 3.18. The molecule has 7 nitrogen and oxygen atoms in total. The van der Waals surface area contributed by atoms with Gasteiger partial charge in [-0.3, -0.25) is 20.0 Å². The van der Waals surface area contributed by atoms with E-state index in [-0.39, 0.29) is 23.5 Å². The van der Waals surface area contributed by atoms with Crippen LogP contribution in [-0.2, 0) is 4.74 Å². The van der Waals surface area contributed by atoms with E-state index in [2.05, 4.69) is 22.0 Å². The molecular formula is C20H23N3O4. The highest BCUT2D eigenvalue weighted by molar-refractivity contribution is 5.84.